The van der Waals surface area contributed by atoms with Crippen LogP contribution < -0.4 is 4.90 Å². The third-order valence-electron chi connectivity index (χ3n) is 5.08. The molecular weight excluding hydrogens is 473 g/mol. The van der Waals surface area contributed by atoms with Gasteiger partial charge in [0, 0.05) is 24.0 Å². The lowest BCUT2D eigenvalue weighted by Gasteiger charge is -2.31. The van der Waals surface area contributed by atoms with E-state index in [0.29, 0.717) is 31.6 Å². The van der Waals surface area contributed by atoms with Gasteiger partial charge in [-0.3, -0.25) is 0 Å². The van der Waals surface area contributed by atoms with E-state index in [-0.39, 0.29) is 14.9 Å². The third kappa shape index (κ3) is 4.19. The van der Waals surface area contributed by atoms with Gasteiger partial charge >= 0.3 is 0 Å². The van der Waals surface area contributed by atoms with Gasteiger partial charge in [-0.1, -0.05) is 23.2 Å². The molecular formula is C20H16Cl2F2N2O2S2. The van der Waals surface area contributed by atoms with Gasteiger partial charge in [0.1, 0.15) is 11.6 Å². The second kappa shape index (κ2) is 8.42. The third-order valence-corrected chi connectivity index (χ3v) is 8.82. The molecule has 0 aliphatic carbocycles. The van der Waals surface area contributed by atoms with Gasteiger partial charge < -0.3 is 4.90 Å². The predicted octanol–water partition coefficient (Wildman–Crippen LogP) is 5.84. The van der Waals surface area contributed by atoms with E-state index in [1.165, 1.54) is 35.6 Å². The molecule has 4 rings (SSSR count). The van der Waals surface area contributed by atoms with Crippen molar-refractivity contribution < 1.29 is 17.2 Å². The van der Waals surface area contributed by atoms with Crippen molar-refractivity contribution in [2.45, 2.75) is 23.0 Å². The minimum Gasteiger partial charge on any atom is -0.348 e. The molecule has 2 aromatic carbocycles. The maximum atomic E-state index is 13.4. The van der Waals surface area contributed by atoms with Crippen molar-refractivity contribution in [2.24, 2.45) is 0 Å². The van der Waals surface area contributed by atoms with Crippen LogP contribution in [0.4, 0.5) is 13.9 Å². The van der Waals surface area contributed by atoms with E-state index in [0.717, 1.165) is 16.8 Å². The number of hydrogen-bond donors (Lipinski definition) is 0. The van der Waals surface area contributed by atoms with Crippen LogP contribution in [-0.4, -0.2) is 31.7 Å². The zero-order chi connectivity index (χ0) is 21.5. The first-order valence-electron chi connectivity index (χ1n) is 9.10. The number of nitrogens with zero attached hydrogens (tertiary/aromatic N) is 2. The zero-order valence-corrected chi connectivity index (χ0v) is 18.6. The molecule has 3 aromatic rings. The highest BCUT2D eigenvalue weighted by Gasteiger charge is 2.32. The molecule has 1 saturated heterocycles. The average Bonchev–Trinajstić information content (AvgIpc) is 3.22. The van der Waals surface area contributed by atoms with E-state index < -0.39 is 26.7 Å². The maximum Gasteiger partial charge on any atom is 0.185 e. The molecule has 158 valence electrons. The first-order valence-corrected chi connectivity index (χ1v) is 12.3. The fourth-order valence-corrected chi connectivity index (χ4v) is 6.47. The van der Waals surface area contributed by atoms with E-state index in [2.05, 4.69) is 4.98 Å². The summed E-state index contributed by atoms with van der Waals surface area (Å²) in [5.74, 6) is -1.13. The van der Waals surface area contributed by atoms with Crippen molar-refractivity contribution in [1.82, 2.24) is 4.98 Å². The Labute approximate surface area is 187 Å². The molecule has 1 aromatic heterocycles. The number of hydrogen-bond acceptors (Lipinski definition) is 5. The van der Waals surface area contributed by atoms with Gasteiger partial charge in [-0.15, -0.1) is 11.3 Å². The maximum absolute atomic E-state index is 13.4. The SMILES string of the molecule is O=S(=O)(c1ccc(F)c(Cl)c1)C1CCN(c2nc(-c3ccc(F)c(Cl)c3)cs2)CC1. The Balaban J connectivity index is 1.46. The number of anilines is 1. The van der Waals surface area contributed by atoms with Crippen LogP contribution in [0.5, 0.6) is 0 Å². The molecule has 2 heterocycles. The van der Waals surface area contributed by atoms with Crippen LogP contribution in [0.1, 0.15) is 12.8 Å². The second-order valence-electron chi connectivity index (χ2n) is 6.95. The standard InChI is InChI=1S/C20H16Cl2F2N2O2S2/c21-15-9-12(1-3-17(15)23)19-11-29-20(25-19)26-7-5-13(6-8-26)30(27,28)14-2-4-18(24)16(22)10-14/h1-4,9-11,13H,5-8H2. The Hall–Kier alpha value is -1.74. The van der Waals surface area contributed by atoms with Crippen LogP contribution in [0.2, 0.25) is 10.0 Å². The first kappa shape index (κ1) is 21.5. The Morgan fingerprint density at radius 3 is 2.27 bits per heavy atom. The van der Waals surface area contributed by atoms with Gasteiger partial charge in [0.15, 0.2) is 15.0 Å². The van der Waals surface area contributed by atoms with Gasteiger partial charge in [-0.2, -0.15) is 0 Å². The lowest BCUT2D eigenvalue weighted by Crippen LogP contribution is -2.39. The average molecular weight is 489 g/mol. The normalized spacial score (nSPS) is 15.5. The van der Waals surface area contributed by atoms with Crippen molar-refractivity contribution in [3.63, 3.8) is 0 Å². The molecule has 10 heteroatoms. The summed E-state index contributed by atoms with van der Waals surface area (Å²) in [7, 11) is -3.60. The molecule has 0 amide bonds. The lowest BCUT2D eigenvalue weighted by atomic mass is 10.1. The molecule has 1 aliphatic rings. The van der Waals surface area contributed by atoms with E-state index in [1.54, 1.807) is 6.07 Å². The van der Waals surface area contributed by atoms with E-state index in [9.17, 15) is 17.2 Å². The molecule has 1 aliphatic heterocycles. The highest BCUT2D eigenvalue weighted by atomic mass is 35.5. The highest BCUT2D eigenvalue weighted by molar-refractivity contribution is 7.92. The molecule has 0 spiro atoms. The van der Waals surface area contributed by atoms with E-state index >= 15 is 0 Å². The number of benzene rings is 2. The van der Waals surface area contributed by atoms with Gasteiger partial charge in [-0.05, 0) is 49.2 Å². The molecule has 0 radical (unpaired) electrons. The number of thiazole rings is 1. The number of halogens is 4. The Kier molecular flexibility index (Phi) is 6.03. The molecule has 4 nitrogen and oxygen atoms in total. The predicted molar refractivity (Wildman–Crippen MR) is 116 cm³/mol. The van der Waals surface area contributed by atoms with Gasteiger partial charge in [0.2, 0.25) is 0 Å². The fraction of sp³-hybridized carbons (Fsp3) is 0.250. The Bertz CT molecular complexity index is 1190. The van der Waals surface area contributed by atoms with Crippen molar-refractivity contribution in [2.75, 3.05) is 18.0 Å². The quantitative estimate of drug-likeness (QED) is 0.433. The molecule has 0 bridgehead atoms. The smallest absolute Gasteiger partial charge is 0.185 e. The summed E-state index contributed by atoms with van der Waals surface area (Å²) in [5, 5.41) is 1.90. The summed E-state index contributed by atoms with van der Waals surface area (Å²) in [5.41, 5.74) is 1.40. The molecule has 0 atom stereocenters. The van der Waals surface area contributed by atoms with Crippen LogP contribution in [0.25, 0.3) is 11.3 Å². The Morgan fingerprint density at radius 1 is 1.00 bits per heavy atom. The molecule has 0 saturated carbocycles. The minimum absolute atomic E-state index is 0.0361. The first-order chi connectivity index (χ1) is 14.3. The highest BCUT2D eigenvalue weighted by Crippen LogP contribution is 2.33. The van der Waals surface area contributed by atoms with Crippen LogP contribution in [0, 0.1) is 11.6 Å². The van der Waals surface area contributed by atoms with Crippen LogP contribution in [-0.2, 0) is 9.84 Å². The largest absolute Gasteiger partial charge is 0.348 e. The number of rotatable bonds is 4. The summed E-state index contributed by atoms with van der Waals surface area (Å²) < 4.78 is 52.5. The summed E-state index contributed by atoms with van der Waals surface area (Å²) in [6.45, 7) is 1.05. The summed E-state index contributed by atoms with van der Waals surface area (Å²) in [6.07, 6.45) is 0.850. The van der Waals surface area contributed by atoms with Crippen LogP contribution in [0.3, 0.4) is 0 Å². The van der Waals surface area contributed by atoms with E-state index in [4.69, 9.17) is 23.2 Å². The zero-order valence-electron chi connectivity index (χ0n) is 15.5. The van der Waals surface area contributed by atoms with Gasteiger partial charge in [0.25, 0.3) is 0 Å². The summed E-state index contributed by atoms with van der Waals surface area (Å²) in [4.78, 5) is 6.67. The molecule has 30 heavy (non-hydrogen) atoms. The summed E-state index contributed by atoms with van der Waals surface area (Å²) in [6, 6.07) is 7.94. The van der Waals surface area contributed by atoms with Gasteiger partial charge in [0.05, 0.1) is 25.9 Å². The van der Waals surface area contributed by atoms with Crippen LogP contribution in [0.15, 0.2) is 46.7 Å². The Morgan fingerprint density at radius 2 is 1.63 bits per heavy atom. The number of piperidine rings is 1. The monoisotopic (exact) mass is 488 g/mol. The number of sulfone groups is 1. The van der Waals surface area contributed by atoms with Crippen molar-refractivity contribution in [3.8, 4) is 11.3 Å². The van der Waals surface area contributed by atoms with E-state index in [1.807, 2.05) is 10.3 Å². The van der Waals surface area contributed by atoms with Crippen molar-refractivity contribution >= 4 is 49.5 Å². The summed E-state index contributed by atoms with van der Waals surface area (Å²) >= 11 is 13.0. The minimum atomic E-state index is -3.60. The van der Waals surface area contributed by atoms with Crippen LogP contribution >= 0.6 is 34.5 Å². The topological polar surface area (TPSA) is 50.3 Å². The second-order valence-corrected chi connectivity index (χ2v) is 10.8. The number of aromatic nitrogens is 1. The lowest BCUT2D eigenvalue weighted by molar-refractivity contribution is 0.529. The fourth-order valence-electron chi connectivity index (χ4n) is 3.40. The van der Waals surface area contributed by atoms with Crippen molar-refractivity contribution in [3.05, 3.63) is 63.5 Å². The molecule has 1 fully saturated rings. The van der Waals surface area contributed by atoms with Gasteiger partial charge in [-0.25, -0.2) is 22.2 Å². The molecule has 0 unspecified atom stereocenters. The van der Waals surface area contributed by atoms with Crippen molar-refractivity contribution in [1.29, 1.82) is 0 Å². The molecule has 0 N–H and O–H groups in total.